The SMILES string of the molecule is CC/C=C\C/C=C\C/C=C\C/C=C\C/C=C\C/C=C\C/C=C\C/C=C\CCCCCCC(=O)NC(COC1OC(CO)C(O)C(O)C1O)C(O)/C=C/CC/C=C/CCCCCCCCCCCCCCC. The highest BCUT2D eigenvalue weighted by Gasteiger charge is 2.44. The van der Waals surface area contributed by atoms with Gasteiger partial charge < -0.3 is 40.3 Å². The van der Waals surface area contributed by atoms with Crippen LogP contribution in [0.25, 0.3) is 0 Å². The molecular weight excluding hydrogens is 887 g/mol. The van der Waals surface area contributed by atoms with Gasteiger partial charge in [-0.1, -0.05) is 225 Å². The van der Waals surface area contributed by atoms with Gasteiger partial charge in [-0.3, -0.25) is 4.79 Å². The van der Waals surface area contributed by atoms with E-state index >= 15 is 0 Å². The molecule has 1 fully saturated rings. The molecule has 0 aromatic carbocycles. The van der Waals surface area contributed by atoms with E-state index in [0.717, 1.165) is 96.3 Å². The number of hydrogen-bond acceptors (Lipinski definition) is 8. The van der Waals surface area contributed by atoms with Crippen molar-refractivity contribution in [2.75, 3.05) is 13.2 Å². The molecule has 1 saturated heterocycles. The first-order valence-electron chi connectivity index (χ1n) is 28.3. The van der Waals surface area contributed by atoms with Crippen molar-refractivity contribution >= 4 is 5.91 Å². The van der Waals surface area contributed by atoms with Crippen molar-refractivity contribution in [3.8, 4) is 0 Å². The van der Waals surface area contributed by atoms with Crippen LogP contribution in [-0.4, -0.2) is 87.5 Å². The van der Waals surface area contributed by atoms with Crippen LogP contribution in [0.15, 0.2) is 122 Å². The Morgan fingerprint density at radius 1 is 0.493 bits per heavy atom. The molecule has 0 aromatic heterocycles. The lowest BCUT2D eigenvalue weighted by atomic mass is 9.99. The number of rotatable bonds is 46. The maximum Gasteiger partial charge on any atom is 0.220 e. The molecule has 0 aliphatic carbocycles. The molecular formula is C62H103NO8. The summed E-state index contributed by atoms with van der Waals surface area (Å²) in [4.78, 5) is 13.0. The summed E-state index contributed by atoms with van der Waals surface area (Å²) in [6.45, 7) is 3.63. The minimum atomic E-state index is -1.58. The summed E-state index contributed by atoms with van der Waals surface area (Å²) >= 11 is 0. The standard InChI is InChI=1S/C62H103NO8/c1-3-5-7-9-11-13-15-17-19-21-23-24-25-26-27-28-29-30-31-32-34-36-38-40-42-44-46-48-50-52-58(66)63-55(54-70-62-61(69)60(68)59(67)57(53-64)71-62)56(65)51-49-47-45-43-41-39-37-35-33-22-20-18-16-14-12-10-8-6-4-2/h5,7,11,13,17,19,23-24,26-27,29-30,32,34,38,40-41,43,49,51,55-57,59-62,64-65,67-69H,3-4,6,8-10,12,14-16,18,20-22,25,28,31,33,35-37,39,42,44-48,50,52-54H2,1-2H3,(H,63,66)/b7-5-,13-11-,19-17-,24-23-,27-26-,30-29-,34-32-,40-38-,43-41+,51-49+. The number of allylic oxidation sites excluding steroid dienone is 19. The normalized spacial score (nSPS) is 20.2. The average molecular weight is 991 g/mol. The molecule has 0 spiro atoms. The molecule has 71 heavy (non-hydrogen) atoms. The summed E-state index contributed by atoms with van der Waals surface area (Å²) in [5, 5.41) is 54.4. The van der Waals surface area contributed by atoms with Crippen LogP contribution in [0.4, 0.5) is 0 Å². The minimum Gasteiger partial charge on any atom is -0.394 e. The molecule has 0 aromatic rings. The Labute approximate surface area is 433 Å². The van der Waals surface area contributed by atoms with E-state index in [9.17, 15) is 30.3 Å². The molecule has 7 unspecified atom stereocenters. The number of aliphatic hydroxyl groups is 5. The highest BCUT2D eigenvalue weighted by molar-refractivity contribution is 5.76. The number of hydrogen-bond donors (Lipinski definition) is 6. The molecule has 1 aliphatic rings. The van der Waals surface area contributed by atoms with E-state index in [-0.39, 0.29) is 12.5 Å². The van der Waals surface area contributed by atoms with Gasteiger partial charge in [0.2, 0.25) is 5.91 Å². The van der Waals surface area contributed by atoms with Gasteiger partial charge in [-0.05, 0) is 96.3 Å². The van der Waals surface area contributed by atoms with E-state index in [1.54, 1.807) is 6.08 Å². The number of ether oxygens (including phenoxy) is 2. The fourth-order valence-electron chi connectivity index (χ4n) is 8.07. The quantitative estimate of drug-likeness (QED) is 0.0261. The van der Waals surface area contributed by atoms with Gasteiger partial charge in [0, 0.05) is 6.42 Å². The zero-order valence-corrected chi connectivity index (χ0v) is 44.7. The van der Waals surface area contributed by atoms with Gasteiger partial charge in [0.15, 0.2) is 6.29 Å². The van der Waals surface area contributed by atoms with Gasteiger partial charge in [-0.25, -0.2) is 0 Å². The largest absolute Gasteiger partial charge is 0.394 e. The molecule has 1 rings (SSSR count). The van der Waals surface area contributed by atoms with Crippen molar-refractivity contribution in [3.63, 3.8) is 0 Å². The molecule has 0 radical (unpaired) electrons. The summed E-state index contributed by atoms with van der Waals surface area (Å²) < 4.78 is 11.2. The highest BCUT2D eigenvalue weighted by atomic mass is 16.7. The fourth-order valence-corrected chi connectivity index (χ4v) is 8.07. The Kier molecular flexibility index (Phi) is 46.3. The third kappa shape index (κ3) is 39.8. The molecule has 1 heterocycles. The minimum absolute atomic E-state index is 0.216. The molecule has 7 atom stereocenters. The van der Waals surface area contributed by atoms with E-state index in [1.165, 1.54) is 83.5 Å². The Bertz CT molecular complexity index is 1520. The third-order valence-corrected chi connectivity index (χ3v) is 12.5. The molecule has 404 valence electrons. The lowest BCUT2D eigenvalue weighted by Gasteiger charge is -2.40. The van der Waals surface area contributed by atoms with Crippen LogP contribution in [0.2, 0.25) is 0 Å². The summed E-state index contributed by atoms with van der Waals surface area (Å²) in [6.07, 6.45) is 68.2. The number of aliphatic hydroxyl groups excluding tert-OH is 5. The topological polar surface area (TPSA) is 149 Å². The van der Waals surface area contributed by atoms with E-state index in [4.69, 9.17) is 9.47 Å². The monoisotopic (exact) mass is 990 g/mol. The summed E-state index contributed by atoms with van der Waals surface area (Å²) in [5.41, 5.74) is 0. The summed E-state index contributed by atoms with van der Waals surface area (Å²) in [7, 11) is 0. The molecule has 9 heteroatoms. The molecule has 1 aliphatic heterocycles. The zero-order chi connectivity index (χ0) is 51.5. The van der Waals surface area contributed by atoms with Crippen LogP contribution >= 0.6 is 0 Å². The summed E-state index contributed by atoms with van der Waals surface area (Å²) in [5.74, 6) is -0.216. The molecule has 0 bridgehead atoms. The van der Waals surface area contributed by atoms with E-state index < -0.39 is 49.5 Å². The smallest absolute Gasteiger partial charge is 0.220 e. The Morgan fingerprint density at radius 2 is 0.887 bits per heavy atom. The number of carbonyl (C=O) groups excluding carboxylic acids is 1. The highest BCUT2D eigenvalue weighted by Crippen LogP contribution is 2.22. The maximum absolute atomic E-state index is 13.0. The van der Waals surface area contributed by atoms with Gasteiger partial charge in [0.05, 0.1) is 25.4 Å². The van der Waals surface area contributed by atoms with E-state index in [2.05, 4.69) is 129 Å². The van der Waals surface area contributed by atoms with Crippen molar-refractivity contribution in [1.82, 2.24) is 5.32 Å². The predicted octanol–water partition coefficient (Wildman–Crippen LogP) is 14.0. The second-order valence-electron chi connectivity index (χ2n) is 19.0. The molecule has 1 amide bonds. The lowest BCUT2D eigenvalue weighted by Crippen LogP contribution is -2.60. The first-order chi connectivity index (χ1) is 34.8. The van der Waals surface area contributed by atoms with Gasteiger partial charge in [-0.2, -0.15) is 0 Å². The zero-order valence-electron chi connectivity index (χ0n) is 44.7. The van der Waals surface area contributed by atoms with Gasteiger partial charge in [0.25, 0.3) is 0 Å². The average Bonchev–Trinajstić information content (AvgIpc) is 3.37. The van der Waals surface area contributed by atoms with Crippen molar-refractivity contribution in [3.05, 3.63) is 122 Å². The van der Waals surface area contributed by atoms with Crippen LogP contribution in [0.1, 0.15) is 206 Å². The van der Waals surface area contributed by atoms with Crippen LogP contribution in [0.3, 0.4) is 0 Å². The second kappa shape index (κ2) is 50.1. The molecule has 9 nitrogen and oxygen atoms in total. The number of amides is 1. The first kappa shape index (κ1) is 65.6. The summed E-state index contributed by atoms with van der Waals surface area (Å²) in [6, 6.07) is -0.845. The fraction of sp³-hybridized carbons (Fsp3) is 0.661. The second-order valence-corrected chi connectivity index (χ2v) is 19.0. The Hall–Kier alpha value is -3.41. The van der Waals surface area contributed by atoms with Crippen molar-refractivity contribution in [2.24, 2.45) is 0 Å². The van der Waals surface area contributed by atoms with Crippen LogP contribution in [0.5, 0.6) is 0 Å². The molecule has 6 N–H and O–H groups in total. The van der Waals surface area contributed by atoms with E-state index in [1.807, 2.05) is 6.08 Å². The number of nitrogens with one attached hydrogen (secondary N) is 1. The van der Waals surface area contributed by atoms with Crippen LogP contribution in [0, 0.1) is 0 Å². The van der Waals surface area contributed by atoms with Crippen LogP contribution < -0.4 is 5.32 Å². The lowest BCUT2D eigenvalue weighted by molar-refractivity contribution is -0.302. The third-order valence-electron chi connectivity index (χ3n) is 12.5. The van der Waals surface area contributed by atoms with Crippen molar-refractivity contribution in [1.29, 1.82) is 0 Å². The van der Waals surface area contributed by atoms with Gasteiger partial charge in [-0.15, -0.1) is 0 Å². The maximum atomic E-state index is 13.0. The Morgan fingerprint density at radius 3 is 1.35 bits per heavy atom. The number of unbranched alkanes of at least 4 members (excludes halogenated alkanes) is 18. The van der Waals surface area contributed by atoms with Crippen molar-refractivity contribution < 1.29 is 39.8 Å². The van der Waals surface area contributed by atoms with E-state index in [0.29, 0.717) is 12.8 Å². The first-order valence-corrected chi connectivity index (χ1v) is 28.3. The predicted molar refractivity (Wildman–Crippen MR) is 299 cm³/mol. The van der Waals surface area contributed by atoms with Crippen LogP contribution in [-0.2, 0) is 14.3 Å². The van der Waals surface area contributed by atoms with Gasteiger partial charge >= 0.3 is 0 Å². The number of carbonyl (C=O) groups is 1. The molecule has 0 saturated carbocycles. The Balaban J connectivity index is 2.31. The van der Waals surface area contributed by atoms with Gasteiger partial charge in [0.1, 0.15) is 24.4 Å². The van der Waals surface area contributed by atoms with Crippen molar-refractivity contribution in [2.45, 2.75) is 249 Å².